The molecule has 3 heteroatoms. The van der Waals surface area contributed by atoms with E-state index in [0.717, 1.165) is 31.1 Å². The topological polar surface area (TPSA) is 20.9 Å². The Balaban J connectivity index is 2.38. The van der Waals surface area contributed by atoms with Crippen LogP contribution in [0.1, 0.15) is 77.8 Å². The second-order valence-corrected chi connectivity index (χ2v) is 8.86. The number of rotatable bonds is 7. The maximum atomic E-state index is 12.1. The van der Waals surface area contributed by atoms with E-state index in [4.69, 9.17) is 0 Å². The van der Waals surface area contributed by atoms with Gasteiger partial charge in [-0.05, 0) is 49.4 Å². The molecule has 2 aromatic rings. The first-order valence-corrected chi connectivity index (χ1v) is 11.5. The second-order valence-electron chi connectivity index (χ2n) is 8.14. The van der Waals surface area contributed by atoms with Gasteiger partial charge in [0.25, 0.3) is 0 Å². The highest BCUT2D eigenvalue weighted by Gasteiger charge is 2.60. The molecule has 0 N–H and O–H groups in total. The van der Waals surface area contributed by atoms with Gasteiger partial charge in [0.1, 0.15) is 0 Å². The summed E-state index contributed by atoms with van der Waals surface area (Å²) in [4.78, 5) is 0. The van der Waals surface area contributed by atoms with Crippen LogP contribution in [0.3, 0.4) is 0 Å². The van der Waals surface area contributed by atoms with Gasteiger partial charge >= 0.3 is 13.9 Å². The number of hydrogen-bond donors (Lipinski definition) is 0. The third kappa shape index (κ3) is 2.88. The van der Waals surface area contributed by atoms with Crippen LogP contribution in [0, 0.1) is 0 Å². The van der Waals surface area contributed by atoms with Crippen LogP contribution in [0.25, 0.3) is 11.3 Å². The molecule has 1 aromatic heterocycles. The third-order valence-electron chi connectivity index (χ3n) is 7.20. The zero-order valence-electron chi connectivity index (χ0n) is 17.6. The Kier molecular flexibility index (Phi) is 5.87. The largest absolute Gasteiger partial charge is 0.432 e. The quantitative estimate of drug-likeness (QED) is 0.435. The fraction of sp³-hybridized carbons (Fsp3) is 0.542. The van der Waals surface area contributed by atoms with Crippen molar-refractivity contribution < 1.29 is 9.13 Å². The van der Waals surface area contributed by atoms with Crippen molar-refractivity contribution in [2.45, 2.75) is 84.1 Å². The molecule has 2 nitrogen and oxygen atoms in total. The Morgan fingerprint density at radius 3 is 2.33 bits per heavy atom. The summed E-state index contributed by atoms with van der Waals surface area (Å²) in [6.45, 7) is 11.6. The van der Waals surface area contributed by atoms with E-state index in [0.29, 0.717) is 0 Å². The molecule has 1 aromatic carbocycles. The molecule has 27 heavy (non-hydrogen) atoms. The Hall–Kier alpha value is -1.53. The number of aromatic nitrogens is 1. The van der Waals surface area contributed by atoms with Crippen molar-refractivity contribution in [2.75, 3.05) is 0 Å². The van der Waals surface area contributed by atoms with Crippen LogP contribution in [0.15, 0.2) is 36.4 Å². The van der Waals surface area contributed by atoms with Crippen molar-refractivity contribution in [2.24, 2.45) is 0 Å². The first-order chi connectivity index (χ1) is 13.0. The molecule has 0 saturated carbocycles. The van der Waals surface area contributed by atoms with Crippen LogP contribution in [-0.4, -0.2) is 0 Å². The predicted molar refractivity (Wildman–Crippen MR) is 116 cm³/mol. The lowest BCUT2D eigenvalue weighted by Crippen LogP contribution is -2.73. The molecule has 0 spiro atoms. The summed E-state index contributed by atoms with van der Waals surface area (Å²) in [5.74, 6) is 0. The molecule has 0 aliphatic carbocycles. The SMILES string of the molecule is CCCCc1ccc2c(c1)-c1cccc([PH+]=O)[n+]1C(CC)(CC)C2(C)CC. The molecule has 1 aliphatic heterocycles. The lowest BCUT2D eigenvalue weighted by molar-refractivity contribution is -0.754. The highest BCUT2D eigenvalue weighted by atomic mass is 31.1. The second kappa shape index (κ2) is 7.84. The maximum Gasteiger partial charge on any atom is 0.432 e. The lowest BCUT2D eigenvalue weighted by Gasteiger charge is -2.47. The van der Waals surface area contributed by atoms with Crippen LogP contribution in [0.2, 0.25) is 0 Å². The summed E-state index contributed by atoms with van der Waals surface area (Å²) < 4.78 is 14.6. The van der Waals surface area contributed by atoms with Crippen LogP contribution < -0.4 is 10.0 Å². The molecule has 0 radical (unpaired) electrons. The number of aryl methyl sites for hydroxylation is 1. The van der Waals surface area contributed by atoms with E-state index >= 15 is 0 Å². The number of unbranched alkanes of at least 4 members (excludes halogenated alkanes) is 1. The predicted octanol–water partition coefficient (Wildman–Crippen LogP) is 5.83. The Morgan fingerprint density at radius 2 is 1.74 bits per heavy atom. The zero-order chi connectivity index (χ0) is 19.7. The van der Waals surface area contributed by atoms with E-state index in [1.54, 1.807) is 0 Å². The normalized spacial score (nSPS) is 20.3. The molecular weight excluding hydrogens is 349 g/mol. The monoisotopic (exact) mass is 383 g/mol. The van der Waals surface area contributed by atoms with Crippen molar-refractivity contribution in [1.29, 1.82) is 0 Å². The highest BCUT2D eigenvalue weighted by Crippen LogP contribution is 2.51. The van der Waals surface area contributed by atoms with Crippen molar-refractivity contribution in [3.8, 4) is 11.3 Å². The van der Waals surface area contributed by atoms with Crippen molar-refractivity contribution in [1.82, 2.24) is 0 Å². The Morgan fingerprint density at radius 1 is 1.00 bits per heavy atom. The van der Waals surface area contributed by atoms with Crippen LogP contribution >= 0.6 is 8.46 Å². The van der Waals surface area contributed by atoms with Crippen molar-refractivity contribution in [3.05, 3.63) is 47.5 Å². The summed E-state index contributed by atoms with van der Waals surface area (Å²) >= 11 is 0. The third-order valence-corrected chi connectivity index (χ3v) is 7.80. The van der Waals surface area contributed by atoms with Crippen LogP contribution in [0.4, 0.5) is 0 Å². The first-order valence-electron chi connectivity index (χ1n) is 10.6. The summed E-state index contributed by atoms with van der Waals surface area (Å²) in [6, 6.07) is 13.5. The van der Waals surface area contributed by atoms with Gasteiger partial charge in [-0.3, -0.25) is 0 Å². The van der Waals surface area contributed by atoms with Crippen molar-refractivity contribution in [3.63, 3.8) is 0 Å². The lowest BCUT2D eigenvalue weighted by atomic mass is 9.58. The summed E-state index contributed by atoms with van der Waals surface area (Å²) in [5.41, 5.74) is 6.35. The first kappa shape index (κ1) is 20.2. The molecular formula is C24H34NOP+2. The summed E-state index contributed by atoms with van der Waals surface area (Å²) in [5, 5.41) is 0. The number of pyridine rings is 1. The fourth-order valence-corrected chi connectivity index (χ4v) is 6.03. The molecule has 2 atom stereocenters. The van der Waals surface area contributed by atoms with Gasteiger partial charge in [-0.25, -0.2) is 0 Å². The molecule has 0 bridgehead atoms. The van der Waals surface area contributed by atoms with Gasteiger partial charge in [0.2, 0.25) is 5.69 Å². The maximum absolute atomic E-state index is 12.1. The minimum atomic E-state index is -0.433. The average Bonchev–Trinajstić information content (AvgIpc) is 2.72. The minimum Gasteiger partial charge on any atom is -0.146 e. The van der Waals surface area contributed by atoms with Gasteiger partial charge in [0.15, 0.2) is 5.54 Å². The number of nitrogens with zero attached hydrogens (tertiary/aromatic N) is 1. The van der Waals surface area contributed by atoms with Crippen LogP contribution in [0.5, 0.6) is 0 Å². The molecule has 2 unspecified atom stereocenters. The van der Waals surface area contributed by atoms with E-state index in [1.807, 2.05) is 6.07 Å². The van der Waals surface area contributed by atoms with Gasteiger partial charge in [0.05, 0.1) is 17.0 Å². The summed E-state index contributed by atoms with van der Waals surface area (Å²) in [7, 11) is -0.433. The van der Waals surface area contributed by atoms with Crippen molar-refractivity contribution >= 4 is 13.9 Å². The van der Waals surface area contributed by atoms with E-state index in [-0.39, 0.29) is 11.0 Å². The number of fused-ring (bicyclic) bond motifs is 3. The van der Waals surface area contributed by atoms with Gasteiger partial charge in [-0.2, -0.15) is 0 Å². The number of benzene rings is 1. The Labute approximate surface area is 166 Å². The van der Waals surface area contributed by atoms with Gasteiger partial charge in [-0.1, -0.05) is 50.8 Å². The van der Waals surface area contributed by atoms with Gasteiger partial charge in [-0.15, -0.1) is 4.57 Å². The molecule has 2 heterocycles. The standard InChI is InChI=1S/C24H33NOP/c1-6-10-12-18-15-16-20-19(17-18)21-13-11-14-22(27-26)25(21)24(8-3,9-4)23(20,5)7-2/h11,13-17H,6-10,12H2,1-5H3/q+1/p+1. The smallest absolute Gasteiger partial charge is 0.146 e. The molecule has 0 saturated heterocycles. The van der Waals surface area contributed by atoms with E-state index in [9.17, 15) is 4.57 Å². The van der Waals surface area contributed by atoms with Gasteiger partial charge in [0, 0.05) is 18.9 Å². The number of hydrogen-bond acceptors (Lipinski definition) is 1. The van der Waals surface area contributed by atoms with E-state index in [1.165, 1.54) is 35.2 Å². The highest BCUT2D eigenvalue weighted by molar-refractivity contribution is 7.33. The molecule has 1 aliphatic rings. The molecule has 144 valence electrons. The van der Waals surface area contributed by atoms with E-state index in [2.05, 4.69) is 69.5 Å². The fourth-order valence-electron chi connectivity index (χ4n) is 5.44. The molecule has 0 fully saturated rings. The molecule has 3 rings (SSSR count). The van der Waals surface area contributed by atoms with Gasteiger partial charge < -0.3 is 0 Å². The average molecular weight is 384 g/mol. The minimum absolute atomic E-state index is 0.0164. The zero-order valence-corrected chi connectivity index (χ0v) is 18.6. The molecule has 0 amide bonds. The Bertz CT molecular complexity index is 840. The summed E-state index contributed by atoms with van der Waals surface area (Å²) in [6.07, 6.45) is 6.69. The van der Waals surface area contributed by atoms with Crippen LogP contribution in [-0.2, 0) is 21.9 Å². The van der Waals surface area contributed by atoms with E-state index < -0.39 is 8.46 Å².